The van der Waals surface area contributed by atoms with Crippen LogP contribution in [0.4, 0.5) is 11.6 Å². The fourth-order valence-corrected chi connectivity index (χ4v) is 3.12. The van der Waals surface area contributed by atoms with Crippen LogP contribution in [0.15, 0.2) is 60.9 Å². The first-order valence-electron chi connectivity index (χ1n) is 10.2. The SMILES string of the molecule is COc1ccc(-c2cnc(Nc3ccc(OCCN(C)CC(C)C)cc3)nc2)cc1. The second-order valence-electron chi connectivity index (χ2n) is 7.68. The third kappa shape index (κ3) is 6.46. The Kier molecular flexibility index (Phi) is 7.63. The minimum absolute atomic E-state index is 0.552. The zero-order valence-corrected chi connectivity index (χ0v) is 18.1. The molecule has 0 atom stereocenters. The van der Waals surface area contributed by atoms with Gasteiger partial charge in [0, 0.05) is 36.7 Å². The number of hydrogen-bond acceptors (Lipinski definition) is 6. The van der Waals surface area contributed by atoms with Gasteiger partial charge in [-0.15, -0.1) is 0 Å². The fourth-order valence-electron chi connectivity index (χ4n) is 3.12. The molecule has 6 heteroatoms. The second kappa shape index (κ2) is 10.6. The van der Waals surface area contributed by atoms with Crippen LogP contribution in [0.25, 0.3) is 11.1 Å². The van der Waals surface area contributed by atoms with Crippen LogP contribution in [0.1, 0.15) is 13.8 Å². The van der Waals surface area contributed by atoms with Crippen molar-refractivity contribution in [3.05, 3.63) is 60.9 Å². The van der Waals surface area contributed by atoms with Crippen LogP contribution in [-0.2, 0) is 0 Å². The molecule has 3 aromatic rings. The highest BCUT2D eigenvalue weighted by molar-refractivity contribution is 5.63. The average molecular weight is 407 g/mol. The normalized spacial score (nSPS) is 11.0. The van der Waals surface area contributed by atoms with Gasteiger partial charge in [-0.05, 0) is 54.9 Å². The molecule has 1 aromatic heterocycles. The summed E-state index contributed by atoms with van der Waals surface area (Å²) in [6.07, 6.45) is 3.62. The molecule has 0 saturated carbocycles. The van der Waals surface area contributed by atoms with Crippen LogP contribution in [0.2, 0.25) is 0 Å². The van der Waals surface area contributed by atoms with Gasteiger partial charge in [0.2, 0.25) is 5.95 Å². The number of nitrogens with zero attached hydrogens (tertiary/aromatic N) is 3. The first-order valence-corrected chi connectivity index (χ1v) is 10.2. The Morgan fingerprint density at radius 1 is 0.900 bits per heavy atom. The zero-order chi connectivity index (χ0) is 21.3. The monoisotopic (exact) mass is 406 g/mol. The Morgan fingerprint density at radius 2 is 1.53 bits per heavy atom. The first-order chi connectivity index (χ1) is 14.5. The largest absolute Gasteiger partial charge is 0.497 e. The highest BCUT2D eigenvalue weighted by Crippen LogP contribution is 2.23. The van der Waals surface area contributed by atoms with Gasteiger partial charge in [0.15, 0.2) is 0 Å². The number of rotatable bonds is 10. The smallest absolute Gasteiger partial charge is 0.227 e. The minimum Gasteiger partial charge on any atom is -0.497 e. The molecule has 1 N–H and O–H groups in total. The third-order valence-corrected chi connectivity index (χ3v) is 4.60. The number of anilines is 2. The maximum atomic E-state index is 5.84. The molecule has 3 rings (SSSR count). The number of ether oxygens (including phenoxy) is 2. The lowest BCUT2D eigenvalue weighted by molar-refractivity contribution is 0.223. The van der Waals surface area contributed by atoms with E-state index < -0.39 is 0 Å². The van der Waals surface area contributed by atoms with Crippen molar-refractivity contribution in [1.29, 1.82) is 0 Å². The molecule has 6 nitrogen and oxygen atoms in total. The standard InChI is InChI=1S/C24H30N4O2/c1-18(2)17-28(3)13-14-30-23-11-7-21(8-12-23)27-24-25-15-20(16-26-24)19-5-9-22(29-4)10-6-19/h5-12,15-16,18H,13-14,17H2,1-4H3,(H,25,26,27). The molecule has 0 saturated heterocycles. The molecule has 0 bridgehead atoms. The van der Waals surface area contributed by atoms with Crippen LogP contribution in [0, 0.1) is 5.92 Å². The summed E-state index contributed by atoms with van der Waals surface area (Å²) in [6.45, 7) is 7.10. The molecule has 2 aromatic carbocycles. The molecule has 1 heterocycles. The summed E-state index contributed by atoms with van der Waals surface area (Å²) in [5.41, 5.74) is 2.91. The van der Waals surface area contributed by atoms with Crippen LogP contribution < -0.4 is 14.8 Å². The second-order valence-corrected chi connectivity index (χ2v) is 7.68. The van der Waals surface area contributed by atoms with Crippen LogP contribution in [0.3, 0.4) is 0 Å². The molecular formula is C24H30N4O2. The maximum Gasteiger partial charge on any atom is 0.227 e. The predicted molar refractivity (Wildman–Crippen MR) is 122 cm³/mol. The lowest BCUT2D eigenvalue weighted by Gasteiger charge is -2.19. The molecule has 0 aliphatic carbocycles. The van der Waals surface area contributed by atoms with E-state index in [0.29, 0.717) is 18.5 Å². The van der Waals surface area contributed by atoms with E-state index in [0.717, 1.165) is 41.4 Å². The molecule has 0 aliphatic heterocycles. The molecule has 0 radical (unpaired) electrons. The summed E-state index contributed by atoms with van der Waals surface area (Å²) in [7, 11) is 3.78. The van der Waals surface area contributed by atoms with Gasteiger partial charge in [-0.25, -0.2) is 9.97 Å². The molecule has 0 fully saturated rings. The number of methoxy groups -OCH3 is 1. The van der Waals surface area contributed by atoms with Crippen molar-refractivity contribution in [1.82, 2.24) is 14.9 Å². The van der Waals surface area contributed by atoms with Gasteiger partial charge >= 0.3 is 0 Å². The van der Waals surface area contributed by atoms with Crippen molar-refractivity contribution in [2.45, 2.75) is 13.8 Å². The Labute approximate surface area is 178 Å². The van der Waals surface area contributed by atoms with E-state index in [1.54, 1.807) is 7.11 Å². The van der Waals surface area contributed by atoms with E-state index in [1.165, 1.54) is 0 Å². The molecule has 0 amide bonds. The summed E-state index contributed by atoms with van der Waals surface area (Å²) in [5.74, 6) is 2.89. The Morgan fingerprint density at radius 3 is 2.13 bits per heavy atom. The Balaban J connectivity index is 1.51. The minimum atomic E-state index is 0.552. The van der Waals surface area contributed by atoms with Gasteiger partial charge in [-0.1, -0.05) is 26.0 Å². The highest BCUT2D eigenvalue weighted by Gasteiger charge is 2.04. The molecule has 0 spiro atoms. The third-order valence-electron chi connectivity index (χ3n) is 4.60. The van der Waals surface area contributed by atoms with Gasteiger partial charge in [-0.3, -0.25) is 0 Å². The van der Waals surface area contributed by atoms with E-state index in [9.17, 15) is 0 Å². The van der Waals surface area contributed by atoms with Crippen molar-refractivity contribution >= 4 is 11.6 Å². The van der Waals surface area contributed by atoms with Crippen LogP contribution in [-0.4, -0.2) is 48.7 Å². The van der Waals surface area contributed by atoms with Crippen molar-refractivity contribution < 1.29 is 9.47 Å². The maximum absolute atomic E-state index is 5.84. The van der Waals surface area contributed by atoms with Crippen molar-refractivity contribution in [3.8, 4) is 22.6 Å². The van der Waals surface area contributed by atoms with E-state index in [-0.39, 0.29) is 0 Å². The molecule has 0 unspecified atom stereocenters. The summed E-state index contributed by atoms with van der Waals surface area (Å²) in [5, 5.41) is 3.22. The Bertz CT molecular complexity index is 894. The number of aromatic nitrogens is 2. The Hall–Kier alpha value is -3.12. The molecule has 30 heavy (non-hydrogen) atoms. The van der Waals surface area contributed by atoms with E-state index in [4.69, 9.17) is 9.47 Å². The summed E-state index contributed by atoms with van der Waals surface area (Å²) >= 11 is 0. The quantitative estimate of drug-likeness (QED) is 0.519. The van der Waals surface area contributed by atoms with Crippen LogP contribution in [0.5, 0.6) is 11.5 Å². The topological polar surface area (TPSA) is 59.5 Å². The number of likely N-dealkylation sites (N-methyl/N-ethyl adjacent to an activating group) is 1. The van der Waals surface area contributed by atoms with Crippen molar-refractivity contribution in [2.75, 3.05) is 39.2 Å². The van der Waals surface area contributed by atoms with Gasteiger partial charge in [0.1, 0.15) is 18.1 Å². The summed E-state index contributed by atoms with van der Waals surface area (Å²) < 4.78 is 11.0. The van der Waals surface area contributed by atoms with Crippen molar-refractivity contribution in [2.24, 2.45) is 5.92 Å². The van der Waals surface area contributed by atoms with E-state index >= 15 is 0 Å². The predicted octanol–water partition coefficient (Wildman–Crippen LogP) is 4.86. The van der Waals surface area contributed by atoms with E-state index in [1.807, 2.05) is 60.9 Å². The van der Waals surface area contributed by atoms with Gasteiger partial charge in [0.05, 0.1) is 7.11 Å². The zero-order valence-electron chi connectivity index (χ0n) is 18.1. The molecule has 158 valence electrons. The van der Waals surface area contributed by atoms with E-state index in [2.05, 4.69) is 41.1 Å². The van der Waals surface area contributed by atoms with Gasteiger partial charge in [-0.2, -0.15) is 0 Å². The number of hydrogen-bond donors (Lipinski definition) is 1. The van der Waals surface area contributed by atoms with Gasteiger partial charge in [0.25, 0.3) is 0 Å². The number of nitrogens with one attached hydrogen (secondary N) is 1. The first kappa shape index (κ1) is 21.6. The molecular weight excluding hydrogens is 376 g/mol. The summed E-state index contributed by atoms with van der Waals surface area (Å²) in [4.78, 5) is 11.1. The molecule has 0 aliphatic rings. The highest BCUT2D eigenvalue weighted by atomic mass is 16.5. The van der Waals surface area contributed by atoms with Crippen LogP contribution >= 0.6 is 0 Å². The summed E-state index contributed by atoms with van der Waals surface area (Å²) in [6, 6.07) is 15.7. The van der Waals surface area contributed by atoms with Gasteiger partial charge < -0.3 is 19.7 Å². The van der Waals surface area contributed by atoms with Crippen molar-refractivity contribution in [3.63, 3.8) is 0 Å². The fraction of sp³-hybridized carbons (Fsp3) is 0.333. The average Bonchev–Trinajstić information content (AvgIpc) is 2.75. The lowest BCUT2D eigenvalue weighted by Crippen LogP contribution is -2.27. The number of benzene rings is 2. The lowest BCUT2D eigenvalue weighted by atomic mass is 10.1.